The van der Waals surface area contributed by atoms with Gasteiger partial charge < -0.3 is 14.2 Å². The number of aryl methyl sites for hydroxylation is 1. The van der Waals surface area contributed by atoms with Crippen molar-refractivity contribution in [2.24, 2.45) is 0 Å². The second kappa shape index (κ2) is 6.44. The quantitative estimate of drug-likeness (QED) is 0.769. The summed E-state index contributed by atoms with van der Waals surface area (Å²) in [7, 11) is 1.67. The van der Waals surface area contributed by atoms with E-state index in [0.717, 1.165) is 27.8 Å². The van der Waals surface area contributed by atoms with Gasteiger partial charge >= 0.3 is 0 Å². The highest BCUT2D eigenvalue weighted by Crippen LogP contribution is 2.37. The summed E-state index contributed by atoms with van der Waals surface area (Å²) < 4.78 is 17.9. The Labute approximate surface area is 138 Å². The number of halogens is 1. The van der Waals surface area contributed by atoms with E-state index >= 15 is 0 Å². The highest BCUT2D eigenvalue weighted by atomic mass is 79.9. The third-order valence-corrected chi connectivity index (χ3v) is 4.54. The van der Waals surface area contributed by atoms with Crippen LogP contribution in [0.15, 0.2) is 65.5 Å². The van der Waals surface area contributed by atoms with E-state index in [-0.39, 0.29) is 0 Å². The standard InChI is InChI=1S/C18H17BrO3/c1-20-16-7-8-17(19)14(13-16)9-10-18(21-11-12-22-18)15-5-3-2-4-6-15/h2-8,11-13H,9-10H2,1H3. The van der Waals surface area contributed by atoms with Crippen molar-refractivity contribution in [3.63, 3.8) is 0 Å². The van der Waals surface area contributed by atoms with Crippen LogP contribution in [0, 0.1) is 0 Å². The molecule has 0 atom stereocenters. The minimum atomic E-state index is -0.746. The number of hydrogen-bond acceptors (Lipinski definition) is 3. The molecular formula is C18H17BrO3. The summed E-state index contributed by atoms with van der Waals surface area (Å²) in [6.07, 6.45) is 4.71. The molecule has 0 N–H and O–H groups in total. The molecule has 0 radical (unpaired) electrons. The maximum Gasteiger partial charge on any atom is 0.277 e. The Hall–Kier alpha value is -1.94. The molecule has 4 heteroatoms. The Balaban J connectivity index is 1.81. The van der Waals surface area contributed by atoms with Gasteiger partial charge in [-0.2, -0.15) is 0 Å². The highest BCUT2D eigenvalue weighted by Gasteiger charge is 2.37. The van der Waals surface area contributed by atoms with Crippen LogP contribution in [0.25, 0.3) is 0 Å². The molecule has 0 unspecified atom stereocenters. The molecule has 0 amide bonds. The van der Waals surface area contributed by atoms with Gasteiger partial charge in [0.25, 0.3) is 5.79 Å². The van der Waals surface area contributed by atoms with E-state index < -0.39 is 5.79 Å². The van der Waals surface area contributed by atoms with Crippen LogP contribution in [-0.2, 0) is 21.7 Å². The van der Waals surface area contributed by atoms with Crippen molar-refractivity contribution in [2.75, 3.05) is 7.11 Å². The molecule has 0 saturated carbocycles. The average Bonchev–Trinajstić information content (AvgIpc) is 3.05. The van der Waals surface area contributed by atoms with Gasteiger partial charge in [0, 0.05) is 16.5 Å². The summed E-state index contributed by atoms with van der Waals surface area (Å²) in [5.74, 6) is 0.0994. The Morgan fingerprint density at radius 2 is 1.77 bits per heavy atom. The molecule has 22 heavy (non-hydrogen) atoms. The zero-order valence-electron chi connectivity index (χ0n) is 12.3. The number of benzene rings is 2. The molecule has 2 aromatic rings. The van der Waals surface area contributed by atoms with Crippen LogP contribution in [0.3, 0.4) is 0 Å². The molecule has 1 aliphatic heterocycles. The molecule has 0 saturated heterocycles. The molecule has 2 aromatic carbocycles. The maximum atomic E-state index is 5.80. The molecule has 1 aliphatic rings. The topological polar surface area (TPSA) is 27.7 Å². The molecule has 0 aliphatic carbocycles. The molecule has 0 aromatic heterocycles. The summed E-state index contributed by atoms with van der Waals surface area (Å²) in [5, 5.41) is 0. The lowest BCUT2D eigenvalue weighted by Crippen LogP contribution is -2.27. The molecule has 1 heterocycles. The van der Waals surface area contributed by atoms with Crippen molar-refractivity contribution in [3.8, 4) is 5.75 Å². The van der Waals surface area contributed by atoms with Crippen LogP contribution in [-0.4, -0.2) is 7.11 Å². The zero-order chi connectivity index (χ0) is 15.4. The predicted molar refractivity (Wildman–Crippen MR) is 88.4 cm³/mol. The minimum absolute atomic E-state index is 0.704. The van der Waals surface area contributed by atoms with Crippen molar-refractivity contribution in [1.82, 2.24) is 0 Å². The zero-order valence-corrected chi connectivity index (χ0v) is 13.9. The van der Waals surface area contributed by atoms with Gasteiger partial charge in [-0.15, -0.1) is 0 Å². The third-order valence-electron chi connectivity index (χ3n) is 3.76. The van der Waals surface area contributed by atoms with E-state index in [4.69, 9.17) is 14.2 Å². The average molecular weight is 361 g/mol. The summed E-state index contributed by atoms with van der Waals surface area (Å²) >= 11 is 3.59. The van der Waals surface area contributed by atoms with Gasteiger partial charge in [-0.05, 0) is 30.2 Å². The van der Waals surface area contributed by atoms with Crippen LogP contribution < -0.4 is 4.74 Å². The van der Waals surface area contributed by atoms with E-state index in [9.17, 15) is 0 Å². The number of rotatable bonds is 5. The fourth-order valence-corrected chi connectivity index (χ4v) is 3.01. The highest BCUT2D eigenvalue weighted by molar-refractivity contribution is 9.10. The largest absolute Gasteiger partial charge is 0.497 e. The van der Waals surface area contributed by atoms with Crippen molar-refractivity contribution < 1.29 is 14.2 Å². The fraction of sp³-hybridized carbons (Fsp3) is 0.222. The van der Waals surface area contributed by atoms with Gasteiger partial charge in [0.1, 0.15) is 18.3 Å². The number of methoxy groups -OCH3 is 1. The number of hydrogen-bond donors (Lipinski definition) is 0. The van der Waals surface area contributed by atoms with Gasteiger partial charge in [0.05, 0.1) is 7.11 Å². The first-order valence-corrected chi connectivity index (χ1v) is 7.91. The Kier molecular flexibility index (Phi) is 4.39. The predicted octanol–water partition coefficient (Wildman–Crippen LogP) is 4.76. The van der Waals surface area contributed by atoms with Crippen LogP contribution in [0.4, 0.5) is 0 Å². The second-order valence-electron chi connectivity index (χ2n) is 5.08. The summed E-state index contributed by atoms with van der Waals surface area (Å²) in [6.45, 7) is 0. The molecule has 0 fully saturated rings. The van der Waals surface area contributed by atoms with Gasteiger partial charge in [-0.25, -0.2) is 0 Å². The van der Waals surface area contributed by atoms with Gasteiger partial charge in [0.15, 0.2) is 0 Å². The third kappa shape index (κ3) is 2.97. The van der Waals surface area contributed by atoms with Crippen LogP contribution in [0.1, 0.15) is 17.5 Å². The van der Waals surface area contributed by atoms with E-state index in [1.807, 2.05) is 48.5 Å². The second-order valence-corrected chi connectivity index (χ2v) is 5.94. The lowest BCUT2D eigenvalue weighted by atomic mass is 9.97. The maximum absolute atomic E-state index is 5.80. The van der Waals surface area contributed by atoms with Crippen molar-refractivity contribution in [1.29, 1.82) is 0 Å². The normalized spacial score (nSPS) is 15.2. The molecule has 3 nitrogen and oxygen atoms in total. The smallest absolute Gasteiger partial charge is 0.277 e. The van der Waals surface area contributed by atoms with E-state index in [1.165, 1.54) is 0 Å². The Morgan fingerprint density at radius 3 is 2.45 bits per heavy atom. The van der Waals surface area contributed by atoms with E-state index in [0.29, 0.717) is 6.42 Å². The van der Waals surface area contributed by atoms with E-state index in [1.54, 1.807) is 19.6 Å². The lowest BCUT2D eigenvalue weighted by Gasteiger charge is -2.28. The monoisotopic (exact) mass is 360 g/mol. The molecular weight excluding hydrogens is 344 g/mol. The molecule has 3 rings (SSSR count). The summed E-state index contributed by atoms with van der Waals surface area (Å²) in [5.41, 5.74) is 2.17. The SMILES string of the molecule is COc1ccc(Br)c(CCC2(c3ccccc3)OC=CO2)c1. The van der Waals surface area contributed by atoms with Gasteiger partial charge in [-0.3, -0.25) is 0 Å². The molecule has 0 spiro atoms. The van der Waals surface area contributed by atoms with Gasteiger partial charge in [-0.1, -0.05) is 46.3 Å². The van der Waals surface area contributed by atoms with Crippen molar-refractivity contribution >= 4 is 15.9 Å². The van der Waals surface area contributed by atoms with Crippen molar-refractivity contribution in [3.05, 3.63) is 76.7 Å². The van der Waals surface area contributed by atoms with E-state index in [2.05, 4.69) is 15.9 Å². The van der Waals surface area contributed by atoms with Gasteiger partial charge in [0.2, 0.25) is 0 Å². The summed E-state index contributed by atoms with van der Waals surface area (Å²) in [4.78, 5) is 0. The minimum Gasteiger partial charge on any atom is -0.497 e. The molecule has 0 bridgehead atoms. The Bertz CT molecular complexity index is 659. The number of ether oxygens (including phenoxy) is 3. The first-order chi connectivity index (χ1) is 10.7. The first kappa shape index (κ1) is 15.0. The fourth-order valence-electron chi connectivity index (χ4n) is 2.56. The van der Waals surface area contributed by atoms with Crippen LogP contribution in [0.5, 0.6) is 5.75 Å². The van der Waals surface area contributed by atoms with Crippen LogP contribution >= 0.6 is 15.9 Å². The lowest BCUT2D eigenvalue weighted by molar-refractivity contribution is -0.154. The van der Waals surface area contributed by atoms with Crippen molar-refractivity contribution in [2.45, 2.75) is 18.6 Å². The first-order valence-electron chi connectivity index (χ1n) is 7.12. The Morgan fingerprint density at radius 1 is 1.05 bits per heavy atom. The molecule has 114 valence electrons. The summed E-state index contributed by atoms with van der Waals surface area (Å²) in [6, 6.07) is 16.0. The van der Waals surface area contributed by atoms with Crippen LogP contribution in [0.2, 0.25) is 0 Å².